The maximum atomic E-state index is 10.4. The van der Waals surface area contributed by atoms with Gasteiger partial charge in [0.25, 0.3) is 0 Å². The normalized spacial score (nSPS) is 18.1. The van der Waals surface area contributed by atoms with Crippen molar-refractivity contribution in [1.82, 2.24) is 15.0 Å². The molecule has 2 rings (SSSR count). The Labute approximate surface area is 80.5 Å². The van der Waals surface area contributed by atoms with E-state index in [1.807, 2.05) is 4.90 Å². The fourth-order valence-electron chi connectivity index (χ4n) is 1.53. The van der Waals surface area contributed by atoms with E-state index >= 15 is 0 Å². The molecule has 1 aliphatic heterocycles. The Kier molecular flexibility index (Phi) is 2.20. The van der Waals surface area contributed by atoms with Gasteiger partial charge in [0.1, 0.15) is 0 Å². The molecule has 0 radical (unpaired) electrons. The lowest BCUT2D eigenvalue weighted by molar-refractivity contribution is -0.139. The first-order valence-electron chi connectivity index (χ1n) is 4.39. The van der Waals surface area contributed by atoms with Crippen molar-refractivity contribution in [3.8, 4) is 0 Å². The number of rotatable bonds is 3. The van der Waals surface area contributed by atoms with Gasteiger partial charge in [0.2, 0.25) is 5.89 Å². The largest absolute Gasteiger partial charge is 0.480 e. The first kappa shape index (κ1) is 9.14. The van der Waals surface area contributed by atoms with Crippen molar-refractivity contribution < 1.29 is 14.4 Å². The summed E-state index contributed by atoms with van der Waals surface area (Å²) in [5, 5.41) is 12.2. The average Bonchev–Trinajstić information content (AvgIpc) is 2.42. The minimum absolute atomic E-state index is 0.0869. The SMILES string of the molecule is Cc1noc(C2CN(CC(=O)O)C2)n1. The van der Waals surface area contributed by atoms with Gasteiger partial charge in [0, 0.05) is 13.1 Å². The predicted molar refractivity (Wildman–Crippen MR) is 45.9 cm³/mol. The van der Waals surface area contributed by atoms with Crippen molar-refractivity contribution in [2.24, 2.45) is 0 Å². The number of aliphatic carboxylic acids is 1. The molecule has 0 atom stereocenters. The molecule has 0 amide bonds. The molecule has 0 unspecified atom stereocenters. The Hall–Kier alpha value is -1.43. The molecule has 0 aromatic carbocycles. The van der Waals surface area contributed by atoms with Crippen LogP contribution in [0, 0.1) is 6.92 Å². The molecule has 1 aromatic rings. The van der Waals surface area contributed by atoms with Gasteiger partial charge in [-0.1, -0.05) is 5.16 Å². The zero-order valence-electron chi connectivity index (χ0n) is 7.80. The van der Waals surface area contributed by atoms with Crippen LogP contribution in [0.2, 0.25) is 0 Å². The molecule has 1 fully saturated rings. The highest BCUT2D eigenvalue weighted by Crippen LogP contribution is 2.24. The number of hydrogen-bond acceptors (Lipinski definition) is 5. The molecule has 0 bridgehead atoms. The topological polar surface area (TPSA) is 79.5 Å². The van der Waals surface area contributed by atoms with Gasteiger partial charge in [-0.15, -0.1) is 0 Å². The van der Waals surface area contributed by atoms with Gasteiger partial charge in [0.05, 0.1) is 12.5 Å². The number of carboxylic acids is 1. The molecule has 6 nitrogen and oxygen atoms in total. The van der Waals surface area contributed by atoms with E-state index in [0.29, 0.717) is 24.8 Å². The molecule has 2 heterocycles. The van der Waals surface area contributed by atoms with Crippen LogP contribution in [0.1, 0.15) is 17.6 Å². The number of hydrogen-bond donors (Lipinski definition) is 1. The Morgan fingerprint density at radius 2 is 2.43 bits per heavy atom. The summed E-state index contributed by atoms with van der Waals surface area (Å²) in [6.07, 6.45) is 0. The van der Waals surface area contributed by atoms with Gasteiger partial charge in [-0.05, 0) is 6.92 Å². The van der Waals surface area contributed by atoms with E-state index in [0.717, 1.165) is 0 Å². The highest BCUT2D eigenvalue weighted by molar-refractivity contribution is 5.69. The first-order chi connectivity index (χ1) is 6.65. The smallest absolute Gasteiger partial charge is 0.317 e. The van der Waals surface area contributed by atoms with Gasteiger partial charge in [-0.2, -0.15) is 4.98 Å². The van der Waals surface area contributed by atoms with Gasteiger partial charge >= 0.3 is 5.97 Å². The molecule has 1 aliphatic rings. The molecule has 14 heavy (non-hydrogen) atoms. The number of carbonyl (C=O) groups is 1. The van der Waals surface area contributed by atoms with Crippen molar-refractivity contribution in [3.05, 3.63) is 11.7 Å². The summed E-state index contributed by atoms with van der Waals surface area (Å²) < 4.78 is 4.99. The molecular weight excluding hydrogens is 186 g/mol. The second-order valence-electron chi connectivity index (χ2n) is 3.46. The standard InChI is InChI=1S/C8H11N3O3/c1-5-9-8(14-10-5)6-2-11(3-6)4-7(12)13/h6H,2-4H2,1H3,(H,12,13). The molecule has 1 saturated heterocycles. The van der Waals surface area contributed by atoms with Crippen molar-refractivity contribution in [2.45, 2.75) is 12.8 Å². The second-order valence-corrected chi connectivity index (χ2v) is 3.46. The number of carboxylic acid groups (broad SMARTS) is 1. The Balaban J connectivity index is 1.86. The van der Waals surface area contributed by atoms with Crippen molar-refractivity contribution in [2.75, 3.05) is 19.6 Å². The summed E-state index contributed by atoms with van der Waals surface area (Å²) in [7, 11) is 0. The lowest BCUT2D eigenvalue weighted by Crippen LogP contribution is -2.47. The number of nitrogens with zero attached hydrogens (tertiary/aromatic N) is 3. The van der Waals surface area contributed by atoms with E-state index in [9.17, 15) is 4.79 Å². The van der Waals surface area contributed by atoms with Gasteiger partial charge in [-0.25, -0.2) is 0 Å². The fourth-order valence-corrected chi connectivity index (χ4v) is 1.53. The summed E-state index contributed by atoms with van der Waals surface area (Å²) in [6.45, 7) is 3.23. The van der Waals surface area contributed by atoms with E-state index < -0.39 is 5.97 Å². The van der Waals surface area contributed by atoms with E-state index in [-0.39, 0.29) is 12.5 Å². The van der Waals surface area contributed by atoms with E-state index in [1.54, 1.807) is 6.92 Å². The summed E-state index contributed by atoms with van der Waals surface area (Å²) in [6, 6.07) is 0. The zero-order valence-corrected chi connectivity index (χ0v) is 7.80. The third-order valence-electron chi connectivity index (χ3n) is 2.21. The number of aryl methyl sites for hydroxylation is 1. The Bertz CT molecular complexity index is 343. The van der Waals surface area contributed by atoms with Crippen molar-refractivity contribution >= 4 is 5.97 Å². The molecule has 0 aliphatic carbocycles. The summed E-state index contributed by atoms with van der Waals surface area (Å²) in [5.41, 5.74) is 0. The third kappa shape index (κ3) is 1.74. The zero-order chi connectivity index (χ0) is 10.1. The lowest BCUT2D eigenvalue weighted by atomic mass is 10.0. The summed E-state index contributed by atoms with van der Waals surface area (Å²) in [5.74, 6) is 0.640. The van der Waals surface area contributed by atoms with E-state index in [4.69, 9.17) is 9.63 Å². The van der Waals surface area contributed by atoms with Crippen LogP contribution in [0.4, 0.5) is 0 Å². The van der Waals surface area contributed by atoms with Crippen LogP contribution in [0.5, 0.6) is 0 Å². The van der Waals surface area contributed by atoms with Crippen LogP contribution in [0.15, 0.2) is 4.52 Å². The summed E-state index contributed by atoms with van der Waals surface area (Å²) in [4.78, 5) is 16.3. The third-order valence-corrected chi connectivity index (χ3v) is 2.21. The predicted octanol–water partition coefficient (Wildman–Crippen LogP) is -0.138. The number of likely N-dealkylation sites (tertiary alicyclic amines) is 1. The van der Waals surface area contributed by atoms with Crippen molar-refractivity contribution in [3.63, 3.8) is 0 Å². The van der Waals surface area contributed by atoms with Gasteiger partial charge in [-0.3, -0.25) is 9.69 Å². The fraction of sp³-hybridized carbons (Fsp3) is 0.625. The molecule has 76 valence electrons. The van der Waals surface area contributed by atoms with Crippen LogP contribution in [-0.4, -0.2) is 45.8 Å². The second kappa shape index (κ2) is 3.38. The maximum absolute atomic E-state index is 10.4. The Morgan fingerprint density at radius 1 is 1.71 bits per heavy atom. The Morgan fingerprint density at radius 3 is 2.93 bits per heavy atom. The van der Waals surface area contributed by atoms with E-state index in [2.05, 4.69) is 10.1 Å². The lowest BCUT2D eigenvalue weighted by Gasteiger charge is -2.35. The van der Waals surface area contributed by atoms with Crippen molar-refractivity contribution in [1.29, 1.82) is 0 Å². The molecular formula is C8H11N3O3. The summed E-state index contributed by atoms with van der Waals surface area (Å²) >= 11 is 0. The van der Waals surface area contributed by atoms with Crippen LogP contribution in [0.25, 0.3) is 0 Å². The quantitative estimate of drug-likeness (QED) is 0.726. The first-order valence-corrected chi connectivity index (χ1v) is 4.39. The molecule has 0 saturated carbocycles. The molecule has 6 heteroatoms. The molecule has 0 spiro atoms. The van der Waals surface area contributed by atoms with Crippen LogP contribution in [-0.2, 0) is 4.79 Å². The molecule has 1 aromatic heterocycles. The van der Waals surface area contributed by atoms with Crippen LogP contribution < -0.4 is 0 Å². The highest BCUT2D eigenvalue weighted by Gasteiger charge is 2.33. The highest BCUT2D eigenvalue weighted by atomic mass is 16.5. The minimum Gasteiger partial charge on any atom is -0.480 e. The monoisotopic (exact) mass is 197 g/mol. The van der Waals surface area contributed by atoms with Crippen LogP contribution >= 0.6 is 0 Å². The number of aromatic nitrogens is 2. The van der Waals surface area contributed by atoms with E-state index in [1.165, 1.54) is 0 Å². The molecule has 1 N–H and O–H groups in total. The minimum atomic E-state index is -0.801. The van der Waals surface area contributed by atoms with Gasteiger partial charge in [0.15, 0.2) is 5.82 Å². The van der Waals surface area contributed by atoms with Crippen LogP contribution in [0.3, 0.4) is 0 Å². The van der Waals surface area contributed by atoms with Gasteiger partial charge < -0.3 is 9.63 Å². The average molecular weight is 197 g/mol. The maximum Gasteiger partial charge on any atom is 0.317 e.